The summed E-state index contributed by atoms with van der Waals surface area (Å²) < 4.78 is 7.21. The fourth-order valence-corrected chi connectivity index (χ4v) is 4.93. The summed E-state index contributed by atoms with van der Waals surface area (Å²) in [6, 6.07) is 8.60. The zero-order valence-corrected chi connectivity index (χ0v) is 14.3. The van der Waals surface area contributed by atoms with Gasteiger partial charge in [-0.25, -0.2) is 4.79 Å². The minimum Gasteiger partial charge on any atom is -0.458 e. The molecule has 0 amide bonds. The number of aliphatic hydroxyl groups is 1. The molecule has 3 aliphatic heterocycles. The first kappa shape index (κ1) is 15.2. The monoisotopic (exact) mass is 338 g/mol. The van der Waals surface area contributed by atoms with Crippen molar-refractivity contribution in [2.24, 2.45) is 5.92 Å². The lowest BCUT2D eigenvalue weighted by Crippen LogP contribution is -2.33. The molecule has 3 atom stereocenters. The first-order valence-electron chi connectivity index (χ1n) is 9.04. The number of fused-ring (bicyclic) bond motifs is 3. The van der Waals surface area contributed by atoms with Gasteiger partial charge in [-0.15, -0.1) is 0 Å². The van der Waals surface area contributed by atoms with Gasteiger partial charge in [-0.2, -0.15) is 0 Å². The van der Waals surface area contributed by atoms with Crippen LogP contribution in [0, 0.1) is 5.92 Å². The van der Waals surface area contributed by atoms with E-state index in [0.29, 0.717) is 12.2 Å². The van der Waals surface area contributed by atoms with Gasteiger partial charge in [-0.05, 0) is 44.0 Å². The van der Waals surface area contributed by atoms with Crippen molar-refractivity contribution in [2.75, 3.05) is 20.2 Å². The smallest absolute Gasteiger partial charge is 0.334 e. The second-order valence-electron chi connectivity index (χ2n) is 7.35. The van der Waals surface area contributed by atoms with E-state index in [1.807, 2.05) is 12.1 Å². The Morgan fingerprint density at radius 3 is 2.88 bits per heavy atom. The van der Waals surface area contributed by atoms with Crippen LogP contribution in [0.25, 0.3) is 10.9 Å². The van der Waals surface area contributed by atoms with E-state index >= 15 is 0 Å². The molecule has 1 aromatic heterocycles. The molecular formula is C20H22N2O3. The van der Waals surface area contributed by atoms with E-state index in [1.165, 1.54) is 16.6 Å². The van der Waals surface area contributed by atoms with Gasteiger partial charge in [0.15, 0.2) is 0 Å². The summed E-state index contributed by atoms with van der Waals surface area (Å²) >= 11 is 0. The minimum absolute atomic E-state index is 0.214. The Bertz CT molecular complexity index is 898. The number of likely N-dealkylation sites (N-methyl/N-ethyl adjacent to an activating group) is 1. The maximum atomic E-state index is 12.1. The lowest BCUT2D eigenvalue weighted by Gasteiger charge is -2.33. The van der Waals surface area contributed by atoms with E-state index in [0.717, 1.165) is 31.3 Å². The fourth-order valence-electron chi connectivity index (χ4n) is 4.93. The molecule has 0 spiro atoms. The summed E-state index contributed by atoms with van der Waals surface area (Å²) in [6.07, 6.45) is 3.82. The number of cyclic esters (lactones) is 1. The number of hydrogen-bond acceptors (Lipinski definition) is 4. The maximum absolute atomic E-state index is 12.1. The van der Waals surface area contributed by atoms with Gasteiger partial charge in [0.25, 0.3) is 0 Å². The van der Waals surface area contributed by atoms with Crippen LogP contribution in [-0.2, 0) is 16.0 Å². The third kappa shape index (κ3) is 2.06. The number of aliphatic hydroxyl groups excluding tert-OH is 1. The first-order chi connectivity index (χ1) is 12.2. The van der Waals surface area contributed by atoms with Crippen molar-refractivity contribution in [1.82, 2.24) is 9.47 Å². The first-order valence-corrected chi connectivity index (χ1v) is 9.04. The highest BCUT2D eigenvalue weighted by Crippen LogP contribution is 2.46. The minimum atomic E-state index is -0.734. The number of esters is 1. The van der Waals surface area contributed by atoms with Gasteiger partial charge in [0.2, 0.25) is 0 Å². The van der Waals surface area contributed by atoms with Crippen LogP contribution in [0.15, 0.2) is 35.9 Å². The van der Waals surface area contributed by atoms with Gasteiger partial charge in [0, 0.05) is 29.1 Å². The summed E-state index contributed by atoms with van der Waals surface area (Å²) in [4.78, 5) is 14.5. The molecule has 5 heteroatoms. The van der Waals surface area contributed by atoms with Crippen LogP contribution in [-0.4, -0.2) is 40.7 Å². The maximum Gasteiger partial charge on any atom is 0.334 e. The Morgan fingerprint density at radius 2 is 2.08 bits per heavy atom. The van der Waals surface area contributed by atoms with Gasteiger partial charge in [0.05, 0.1) is 11.6 Å². The van der Waals surface area contributed by atoms with E-state index in [-0.39, 0.29) is 17.9 Å². The number of hydrogen-bond donors (Lipinski definition) is 1. The molecule has 0 radical (unpaired) electrons. The van der Waals surface area contributed by atoms with Crippen LogP contribution in [0.3, 0.4) is 0 Å². The molecule has 25 heavy (non-hydrogen) atoms. The van der Waals surface area contributed by atoms with Gasteiger partial charge in [-0.1, -0.05) is 18.2 Å². The number of aromatic nitrogens is 1. The standard InChI is InChI=1S/C20H22N2O3/c1-21-10-8-13-12-4-2-3-5-16(12)22-18(13)17(21)7-6-14(19(22)23)15-9-11-25-20(15)24/h2-5,9,14,17,19,23H,6-8,10-11H2,1H3. The van der Waals surface area contributed by atoms with Gasteiger partial charge < -0.3 is 14.4 Å². The average Bonchev–Trinajstić information content (AvgIpc) is 3.13. The highest BCUT2D eigenvalue weighted by Gasteiger charge is 2.41. The number of carbonyl (C=O) groups excluding carboxylic acids is 1. The third-order valence-electron chi connectivity index (χ3n) is 6.15. The number of nitrogens with zero attached hydrogens (tertiary/aromatic N) is 2. The zero-order valence-electron chi connectivity index (χ0n) is 14.3. The predicted octanol–water partition coefficient (Wildman–Crippen LogP) is 2.55. The molecule has 4 heterocycles. The molecule has 5 nitrogen and oxygen atoms in total. The van der Waals surface area contributed by atoms with E-state index < -0.39 is 6.23 Å². The Hall–Kier alpha value is -2.11. The number of ether oxygens (including phenoxy) is 1. The topological polar surface area (TPSA) is 54.7 Å². The third-order valence-corrected chi connectivity index (χ3v) is 6.15. The van der Waals surface area contributed by atoms with Crippen LogP contribution >= 0.6 is 0 Å². The molecule has 3 unspecified atom stereocenters. The Balaban J connectivity index is 1.74. The van der Waals surface area contributed by atoms with Gasteiger partial charge >= 0.3 is 5.97 Å². The van der Waals surface area contributed by atoms with Crippen molar-refractivity contribution >= 4 is 16.9 Å². The van der Waals surface area contributed by atoms with E-state index in [1.54, 1.807) is 0 Å². The highest BCUT2D eigenvalue weighted by atomic mass is 16.5. The van der Waals surface area contributed by atoms with Crippen molar-refractivity contribution in [1.29, 1.82) is 0 Å². The summed E-state index contributed by atoms with van der Waals surface area (Å²) in [5.41, 5.74) is 4.30. The molecule has 5 rings (SSSR count). The van der Waals surface area contributed by atoms with Crippen LogP contribution < -0.4 is 0 Å². The molecule has 0 bridgehead atoms. The predicted molar refractivity (Wildman–Crippen MR) is 94.0 cm³/mol. The van der Waals surface area contributed by atoms with Crippen molar-refractivity contribution < 1.29 is 14.6 Å². The van der Waals surface area contributed by atoms with Crippen LogP contribution in [0.2, 0.25) is 0 Å². The van der Waals surface area contributed by atoms with E-state index in [4.69, 9.17) is 4.74 Å². The molecule has 0 fully saturated rings. The van der Waals surface area contributed by atoms with Crippen LogP contribution in [0.5, 0.6) is 0 Å². The highest BCUT2D eigenvalue weighted by molar-refractivity contribution is 5.91. The summed E-state index contributed by atoms with van der Waals surface area (Å²) in [5.74, 6) is -0.488. The second-order valence-corrected chi connectivity index (χ2v) is 7.35. The van der Waals surface area contributed by atoms with Crippen molar-refractivity contribution in [3.8, 4) is 0 Å². The zero-order chi connectivity index (χ0) is 17.1. The van der Waals surface area contributed by atoms with Crippen LogP contribution in [0.1, 0.15) is 36.4 Å². The SMILES string of the molecule is CN1CCc2c3n(c4ccccc24)C(O)C(C2=CCOC2=O)CCC31. The van der Waals surface area contributed by atoms with Crippen molar-refractivity contribution in [3.05, 3.63) is 47.2 Å². The molecule has 1 N–H and O–H groups in total. The number of rotatable bonds is 1. The van der Waals surface area contributed by atoms with E-state index in [2.05, 4.69) is 34.7 Å². The average molecular weight is 338 g/mol. The van der Waals surface area contributed by atoms with Crippen molar-refractivity contribution in [3.63, 3.8) is 0 Å². The lowest BCUT2D eigenvalue weighted by atomic mass is 9.89. The van der Waals surface area contributed by atoms with Crippen molar-refractivity contribution in [2.45, 2.75) is 31.5 Å². The Morgan fingerprint density at radius 1 is 1.24 bits per heavy atom. The quantitative estimate of drug-likeness (QED) is 0.812. The van der Waals surface area contributed by atoms with Gasteiger partial charge in [-0.3, -0.25) is 4.90 Å². The number of para-hydroxylation sites is 1. The number of carbonyl (C=O) groups is 1. The van der Waals surface area contributed by atoms with Gasteiger partial charge in [0.1, 0.15) is 12.8 Å². The molecule has 0 aliphatic carbocycles. The largest absolute Gasteiger partial charge is 0.458 e. The number of benzene rings is 1. The molecule has 1 aromatic carbocycles. The molecule has 130 valence electrons. The molecule has 3 aliphatic rings. The summed E-state index contributed by atoms with van der Waals surface area (Å²) in [7, 11) is 2.16. The normalized spacial score (nSPS) is 29.3. The molecule has 0 saturated heterocycles. The van der Waals surface area contributed by atoms with E-state index in [9.17, 15) is 9.90 Å². The Kier molecular flexibility index (Phi) is 3.30. The fraction of sp³-hybridized carbons (Fsp3) is 0.450. The molecular weight excluding hydrogens is 316 g/mol. The van der Waals surface area contributed by atoms with Crippen LogP contribution in [0.4, 0.5) is 0 Å². The summed E-state index contributed by atoms with van der Waals surface area (Å²) in [6.45, 7) is 1.35. The molecule has 2 aromatic rings. The summed E-state index contributed by atoms with van der Waals surface area (Å²) in [5, 5.41) is 12.5. The second kappa shape index (κ2) is 5.44. The molecule has 0 saturated carbocycles. The lowest BCUT2D eigenvalue weighted by molar-refractivity contribution is -0.137. The Labute approximate surface area is 146 Å².